The lowest BCUT2D eigenvalue weighted by Gasteiger charge is -2.19. The molecule has 1 amide bonds. The third-order valence-electron chi connectivity index (χ3n) is 2.84. The van der Waals surface area contributed by atoms with Crippen LogP contribution in [0.2, 0.25) is 0 Å². The van der Waals surface area contributed by atoms with Crippen molar-refractivity contribution in [2.24, 2.45) is 0 Å². The van der Waals surface area contributed by atoms with Crippen molar-refractivity contribution in [2.45, 2.75) is 20.8 Å². The summed E-state index contributed by atoms with van der Waals surface area (Å²) >= 11 is 1.28. The quantitative estimate of drug-likeness (QED) is 0.920. The molecule has 106 valence electrons. The number of amides is 1. The fourth-order valence-electron chi connectivity index (χ4n) is 1.82. The fraction of sp³-hybridized carbons (Fsp3) is 0.357. The molecule has 0 aliphatic carbocycles. The molecule has 1 aromatic carbocycles. The molecule has 0 aliphatic rings. The highest BCUT2D eigenvalue weighted by Crippen LogP contribution is 2.21. The summed E-state index contributed by atoms with van der Waals surface area (Å²) in [6.45, 7) is 7.31. The second kappa shape index (κ2) is 6.47. The number of carbonyl (C=O) groups excluding carboxylic acids is 1. The number of aromatic nitrogens is 2. The van der Waals surface area contributed by atoms with Gasteiger partial charge < -0.3 is 10.2 Å². The van der Waals surface area contributed by atoms with Crippen molar-refractivity contribution in [3.63, 3.8) is 0 Å². The zero-order chi connectivity index (χ0) is 14.5. The molecular weight excluding hydrogens is 272 g/mol. The van der Waals surface area contributed by atoms with Gasteiger partial charge in [-0.3, -0.25) is 4.79 Å². The van der Waals surface area contributed by atoms with Crippen LogP contribution in [0.4, 0.5) is 10.8 Å². The number of hydrogen-bond donors (Lipinski definition) is 1. The van der Waals surface area contributed by atoms with Gasteiger partial charge in [0.1, 0.15) is 0 Å². The zero-order valence-electron chi connectivity index (χ0n) is 11.9. The van der Waals surface area contributed by atoms with E-state index in [1.807, 2.05) is 45.0 Å². The lowest BCUT2D eigenvalue weighted by atomic mass is 10.2. The number of nitrogens with zero attached hydrogens (tertiary/aromatic N) is 3. The van der Waals surface area contributed by atoms with Gasteiger partial charge in [0.2, 0.25) is 10.1 Å². The van der Waals surface area contributed by atoms with Crippen LogP contribution in [-0.4, -0.2) is 29.2 Å². The summed E-state index contributed by atoms with van der Waals surface area (Å²) in [5.41, 5.74) is 2.05. The molecule has 0 radical (unpaired) electrons. The summed E-state index contributed by atoms with van der Waals surface area (Å²) in [4.78, 5) is 14.2. The minimum Gasteiger partial charge on any atom is -0.360 e. The number of anilines is 2. The predicted octanol–water partition coefficient (Wildman–Crippen LogP) is 2.95. The lowest BCUT2D eigenvalue weighted by molar-refractivity contribution is 0.0987. The molecule has 0 atom stereocenters. The maximum absolute atomic E-state index is 12.5. The van der Waals surface area contributed by atoms with Crippen LogP contribution in [0.15, 0.2) is 24.3 Å². The van der Waals surface area contributed by atoms with Crippen LogP contribution in [0, 0.1) is 6.92 Å². The third kappa shape index (κ3) is 3.14. The molecule has 20 heavy (non-hydrogen) atoms. The first-order chi connectivity index (χ1) is 9.65. The normalized spacial score (nSPS) is 10.3. The van der Waals surface area contributed by atoms with E-state index in [0.717, 1.165) is 12.2 Å². The summed E-state index contributed by atoms with van der Waals surface area (Å²) in [5.74, 6) is -0.113. The van der Waals surface area contributed by atoms with Gasteiger partial charge in [0.05, 0.1) is 0 Å². The Morgan fingerprint density at radius 3 is 2.55 bits per heavy atom. The highest BCUT2D eigenvalue weighted by molar-refractivity contribution is 7.17. The van der Waals surface area contributed by atoms with Crippen LogP contribution >= 0.6 is 11.3 Å². The van der Waals surface area contributed by atoms with Crippen molar-refractivity contribution in [3.8, 4) is 0 Å². The number of rotatable bonds is 5. The molecule has 1 N–H and O–H groups in total. The molecule has 5 nitrogen and oxygen atoms in total. The molecule has 0 bridgehead atoms. The first-order valence-electron chi connectivity index (χ1n) is 6.61. The van der Waals surface area contributed by atoms with Crippen LogP contribution in [-0.2, 0) is 0 Å². The van der Waals surface area contributed by atoms with E-state index in [4.69, 9.17) is 0 Å². The number of nitrogens with one attached hydrogen (secondary N) is 1. The first-order valence-corrected chi connectivity index (χ1v) is 7.43. The van der Waals surface area contributed by atoms with E-state index in [0.29, 0.717) is 16.7 Å². The van der Waals surface area contributed by atoms with E-state index in [-0.39, 0.29) is 5.91 Å². The van der Waals surface area contributed by atoms with Gasteiger partial charge in [-0.05, 0) is 32.9 Å². The van der Waals surface area contributed by atoms with Crippen LogP contribution in [0.3, 0.4) is 0 Å². The molecule has 2 aromatic rings. The van der Waals surface area contributed by atoms with Gasteiger partial charge in [-0.1, -0.05) is 29.0 Å². The van der Waals surface area contributed by atoms with Gasteiger partial charge >= 0.3 is 0 Å². The molecule has 2 rings (SSSR count). The molecule has 0 fully saturated rings. The summed E-state index contributed by atoms with van der Waals surface area (Å²) < 4.78 is 0. The maximum atomic E-state index is 12.5. The SMILES string of the molecule is CCNc1nnc(C(=O)N(CC)c2ccc(C)cc2)s1. The van der Waals surface area contributed by atoms with E-state index in [2.05, 4.69) is 15.5 Å². The Balaban J connectivity index is 2.21. The van der Waals surface area contributed by atoms with E-state index >= 15 is 0 Å². The number of aryl methyl sites for hydroxylation is 1. The topological polar surface area (TPSA) is 58.1 Å². The predicted molar refractivity (Wildman–Crippen MR) is 82.6 cm³/mol. The van der Waals surface area contributed by atoms with Crippen molar-refractivity contribution in [1.29, 1.82) is 0 Å². The van der Waals surface area contributed by atoms with Gasteiger partial charge in [0.15, 0.2) is 0 Å². The molecule has 0 saturated carbocycles. The zero-order valence-corrected chi connectivity index (χ0v) is 12.7. The number of carbonyl (C=O) groups is 1. The monoisotopic (exact) mass is 290 g/mol. The lowest BCUT2D eigenvalue weighted by Crippen LogP contribution is -2.30. The number of benzene rings is 1. The molecule has 0 saturated heterocycles. The van der Waals surface area contributed by atoms with Gasteiger partial charge in [0, 0.05) is 18.8 Å². The molecule has 0 unspecified atom stereocenters. The minimum atomic E-state index is -0.113. The Morgan fingerprint density at radius 2 is 1.95 bits per heavy atom. The van der Waals surface area contributed by atoms with E-state index < -0.39 is 0 Å². The summed E-state index contributed by atoms with van der Waals surface area (Å²) in [6.07, 6.45) is 0. The van der Waals surface area contributed by atoms with E-state index in [1.54, 1.807) is 4.90 Å². The average Bonchev–Trinajstić information content (AvgIpc) is 2.90. The molecule has 0 aliphatic heterocycles. The van der Waals surface area contributed by atoms with Gasteiger partial charge in [-0.2, -0.15) is 0 Å². The van der Waals surface area contributed by atoms with Crippen molar-refractivity contribution < 1.29 is 4.79 Å². The van der Waals surface area contributed by atoms with Crippen molar-refractivity contribution in [3.05, 3.63) is 34.8 Å². The van der Waals surface area contributed by atoms with Gasteiger partial charge in [0.25, 0.3) is 5.91 Å². The van der Waals surface area contributed by atoms with E-state index in [1.165, 1.54) is 16.9 Å². The average molecular weight is 290 g/mol. The fourth-order valence-corrected chi connectivity index (χ4v) is 2.58. The van der Waals surface area contributed by atoms with Crippen molar-refractivity contribution >= 4 is 28.1 Å². The highest BCUT2D eigenvalue weighted by Gasteiger charge is 2.20. The molecule has 0 spiro atoms. The Bertz CT molecular complexity index is 579. The third-order valence-corrected chi connectivity index (χ3v) is 3.71. The van der Waals surface area contributed by atoms with Crippen molar-refractivity contribution in [2.75, 3.05) is 23.3 Å². The van der Waals surface area contributed by atoms with Gasteiger partial charge in [-0.15, -0.1) is 10.2 Å². The summed E-state index contributed by atoms with van der Waals surface area (Å²) in [5, 5.41) is 12.1. The Labute approximate surface area is 122 Å². The summed E-state index contributed by atoms with van der Waals surface area (Å²) in [6, 6.07) is 7.89. The first kappa shape index (κ1) is 14.5. The Kier molecular flexibility index (Phi) is 4.68. The van der Waals surface area contributed by atoms with Crippen LogP contribution in [0.1, 0.15) is 29.2 Å². The summed E-state index contributed by atoms with van der Waals surface area (Å²) in [7, 11) is 0. The van der Waals surface area contributed by atoms with Crippen molar-refractivity contribution in [1.82, 2.24) is 10.2 Å². The van der Waals surface area contributed by atoms with Crippen LogP contribution < -0.4 is 10.2 Å². The maximum Gasteiger partial charge on any atom is 0.289 e. The minimum absolute atomic E-state index is 0.113. The van der Waals surface area contributed by atoms with Crippen LogP contribution in [0.5, 0.6) is 0 Å². The smallest absolute Gasteiger partial charge is 0.289 e. The molecule has 1 heterocycles. The molecule has 6 heteroatoms. The standard InChI is InChI=1S/C14H18N4OS/c1-4-15-14-17-16-12(20-14)13(19)18(5-2)11-8-6-10(3)7-9-11/h6-9H,4-5H2,1-3H3,(H,15,17). The highest BCUT2D eigenvalue weighted by atomic mass is 32.1. The second-order valence-corrected chi connectivity index (χ2v) is 5.31. The largest absolute Gasteiger partial charge is 0.360 e. The number of hydrogen-bond acceptors (Lipinski definition) is 5. The second-order valence-electron chi connectivity index (χ2n) is 4.33. The van der Waals surface area contributed by atoms with E-state index in [9.17, 15) is 4.79 Å². The molecule has 1 aromatic heterocycles. The Hall–Kier alpha value is -1.95. The molecular formula is C14H18N4OS. The van der Waals surface area contributed by atoms with Crippen LogP contribution in [0.25, 0.3) is 0 Å². The Morgan fingerprint density at radius 1 is 1.25 bits per heavy atom. The van der Waals surface area contributed by atoms with Gasteiger partial charge in [-0.25, -0.2) is 0 Å².